The van der Waals surface area contributed by atoms with E-state index in [1.165, 1.54) is 0 Å². The molecule has 4 N–H and O–H groups in total. The Labute approximate surface area is 118 Å². The van der Waals surface area contributed by atoms with E-state index in [-0.39, 0.29) is 24.6 Å². The highest BCUT2D eigenvalue weighted by atomic mass is 35.5. The van der Waals surface area contributed by atoms with E-state index in [2.05, 4.69) is 5.32 Å². The van der Waals surface area contributed by atoms with E-state index in [0.717, 1.165) is 5.56 Å². The standard InChI is InChI=1S/C13H20Cl2N2O/c1-8(7-18)9(2)17-12(6-16)10-4-3-5-11(14)13(10)15/h3-5,8-9,12,17-18H,6-7,16H2,1-2H3. The molecule has 0 aliphatic heterocycles. The quantitative estimate of drug-likeness (QED) is 0.755. The average molecular weight is 291 g/mol. The molecule has 0 aromatic heterocycles. The molecule has 0 amide bonds. The minimum atomic E-state index is -0.0693. The molecule has 0 saturated heterocycles. The van der Waals surface area contributed by atoms with Crippen molar-refractivity contribution in [2.45, 2.75) is 25.9 Å². The summed E-state index contributed by atoms with van der Waals surface area (Å²) >= 11 is 12.2. The largest absolute Gasteiger partial charge is 0.396 e. The van der Waals surface area contributed by atoms with Gasteiger partial charge in [-0.2, -0.15) is 0 Å². The molecular weight excluding hydrogens is 271 g/mol. The maximum atomic E-state index is 9.14. The summed E-state index contributed by atoms with van der Waals surface area (Å²) in [5, 5.41) is 13.6. The maximum absolute atomic E-state index is 9.14. The van der Waals surface area contributed by atoms with Crippen LogP contribution in [0.5, 0.6) is 0 Å². The number of hydrogen-bond donors (Lipinski definition) is 3. The van der Waals surface area contributed by atoms with Gasteiger partial charge in [0.05, 0.1) is 10.0 Å². The molecule has 0 saturated carbocycles. The van der Waals surface area contributed by atoms with E-state index in [0.29, 0.717) is 16.6 Å². The first-order valence-electron chi connectivity index (χ1n) is 6.02. The van der Waals surface area contributed by atoms with Crippen LogP contribution in [0, 0.1) is 5.92 Å². The molecule has 0 aliphatic rings. The Morgan fingerprint density at radius 2 is 2.00 bits per heavy atom. The number of nitrogens with two attached hydrogens (primary N) is 1. The predicted octanol–water partition coefficient (Wildman–Crippen LogP) is 2.60. The molecule has 0 aliphatic carbocycles. The molecule has 0 fully saturated rings. The maximum Gasteiger partial charge on any atom is 0.0640 e. The van der Waals surface area contributed by atoms with Crippen LogP contribution in [0.4, 0.5) is 0 Å². The number of aliphatic hydroxyl groups is 1. The Balaban J connectivity index is 2.86. The molecule has 0 bridgehead atoms. The zero-order valence-corrected chi connectivity index (χ0v) is 12.2. The summed E-state index contributed by atoms with van der Waals surface area (Å²) in [5.74, 6) is 0.150. The van der Waals surface area contributed by atoms with Gasteiger partial charge >= 0.3 is 0 Å². The molecule has 5 heteroatoms. The summed E-state index contributed by atoms with van der Waals surface area (Å²) in [5.41, 5.74) is 6.68. The number of rotatable bonds is 6. The van der Waals surface area contributed by atoms with E-state index >= 15 is 0 Å². The molecule has 1 aromatic rings. The molecule has 0 radical (unpaired) electrons. The SMILES string of the molecule is CC(CO)C(C)NC(CN)c1cccc(Cl)c1Cl. The molecule has 3 nitrogen and oxygen atoms in total. The fourth-order valence-corrected chi connectivity index (χ4v) is 2.15. The Morgan fingerprint density at radius 3 is 2.56 bits per heavy atom. The summed E-state index contributed by atoms with van der Waals surface area (Å²) in [6, 6.07) is 5.59. The van der Waals surface area contributed by atoms with Crippen LogP contribution in [0.3, 0.4) is 0 Å². The second-order valence-electron chi connectivity index (χ2n) is 4.55. The van der Waals surface area contributed by atoms with Crippen LogP contribution in [0.2, 0.25) is 10.0 Å². The van der Waals surface area contributed by atoms with Gasteiger partial charge in [0, 0.05) is 25.2 Å². The molecule has 18 heavy (non-hydrogen) atoms. The monoisotopic (exact) mass is 290 g/mol. The number of aliphatic hydroxyl groups excluding tert-OH is 1. The molecule has 1 aromatic carbocycles. The van der Waals surface area contributed by atoms with Crippen molar-refractivity contribution in [3.63, 3.8) is 0 Å². The lowest BCUT2D eigenvalue weighted by molar-refractivity contribution is 0.201. The van der Waals surface area contributed by atoms with E-state index in [9.17, 15) is 0 Å². The van der Waals surface area contributed by atoms with Crippen molar-refractivity contribution in [2.75, 3.05) is 13.2 Å². The molecule has 3 unspecified atom stereocenters. The highest BCUT2D eigenvalue weighted by Gasteiger charge is 2.19. The van der Waals surface area contributed by atoms with Gasteiger partial charge in [0.2, 0.25) is 0 Å². The van der Waals surface area contributed by atoms with E-state index < -0.39 is 0 Å². The van der Waals surface area contributed by atoms with Gasteiger partial charge in [-0.15, -0.1) is 0 Å². The van der Waals surface area contributed by atoms with Crippen LogP contribution in [-0.4, -0.2) is 24.3 Å². The molecule has 0 spiro atoms. The van der Waals surface area contributed by atoms with Gasteiger partial charge in [0.15, 0.2) is 0 Å². The molecule has 3 atom stereocenters. The lowest BCUT2D eigenvalue weighted by Crippen LogP contribution is -2.39. The van der Waals surface area contributed by atoms with Gasteiger partial charge in [0.1, 0.15) is 0 Å². The van der Waals surface area contributed by atoms with Crippen LogP contribution in [0.15, 0.2) is 18.2 Å². The third kappa shape index (κ3) is 3.84. The van der Waals surface area contributed by atoms with Crippen molar-refractivity contribution in [2.24, 2.45) is 11.7 Å². The van der Waals surface area contributed by atoms with Crippen molar-refractivity contribution in [3.05, 3.63) is 33.8 Å². The highest BCUT2D eigenvalue weighted by Crippen LogP contribution is 2.30. The fourth-order valence-electron chi connectivity index (χ4n) is 1.71. The topological polar surface area (TPSA) is 58.3 Å². The van der Waals surface area contributed by atoms with Gasteiger partial charge in [-0.05, 0) is 24.5 Å². The van der Waals surface area contributed by atoms with Crippen LogP contribution in [0.25, 0.3) is 0 Å². The zero-order chi connectivity index (χ0) is 13.7. The highest BCUT2D eigenvalue weighted by molar-refractivity contribution is 6.42. The van der Waals surface area contributed by atoms with E-state index in [4.69, 9.17) is 34.0 Å². The Hall–Kier alpha value is -0.320. The summed E-state index contributed by atoms with van der Waals surface area (Å²) in [7, 11) is 0. The Bertz CT molecular complexity index is 387. The minimum Gasteiger partial charge on any atom is -0.396 e. The third-order valence-corrected chi connectivity index (χ3v) is 4.03. The van der Waals surface area contributed by atoms with Gasteiger partial charge in [0.25, 0.3) is 0 Å². The summed E-state index contributed by atoms with van der Waals surface area (Å²) in [6.45, 7) is 4.55. The third-order valence-electron chi connectivity index (χ3n) is 3.20. The van der Waals surface area contributed by atoms with Gasteiger partial charge < -0.3 is 16.2 Å². The van der Waals surface area contributed by atoms with Crippen LogP contribution in [0.1, 0.15) is 25.5 Å². The minimum absolute atomic E-state index is 0.0693. The first-order chi connectivity index (χ1) is 8.51. The number of benzene rings is 1. The normalized spacial score (nSPS) is 16.3. The molecular formula is C13H20Cl2N2O. The summed E-state index contributed by atoms with van der Waals surface area (Å²) in [6.07, 6.45) is 0. The molecule has 1 rings (SSSR count). The van der Waals surface area contributed by atoms with Crippen LogP contribution < -0.4 is 11.1 Å². The number of halogens is 2. The van der Waals surface area contributed by atoms with Gasteiger partial charge in [-0.25, -0.2) is 0 Å². The zero-order valence-electron chi connectivity index (χ0n) is 10.7. The average Bonchev–Trinajstić information content (AvgIpc) is 2.38. The van der Waals surface area contributed by atoms with Crippen molar-refractivity contribution >= 4 is 23.2 Å². The first-order valence-corrected chi connectivity index (χ1v) is 6.77. The lowest BCUT2D eigenvalue weighted by Gasteiger charge is -2.26. The summed E-state index contributed by atoms with van der Waals surface area (Å²) in [4.78, 5) is 0. The van der Waals surface area contributed by atoms with Crippen LogP contribution in [-0.2, 0) is 0 Å². The van der Waals surface area contributed by atoms with Gasteiger partial charge in [-0.1, -0.05) is 42.3 Å². The molecule has 0 heterocycles. The summed E-state index contributed by atoms with van der Waals surface area (Å²) < 4.78 is 0. The number of nitrogens with one attached hydrogen (secondary N) is 1. The first kappa shape index (κ1) is 15.7. The predicted molar refractivity (Wildman–Crippen MR) is 77.1 cm³/mol. The van der Waals surface area contributed by atoms with Crippen molar-refractivity contribution < 1.29 is 5.11 Å². The second kappa shape index (κ2) is 7.31. The Morgan fingerprint density at radius 1 is 1.33 bits per heavy atom. The van der Waals surface area contributed by atoms with Crippen molar-refractivity contribution in [1.82, 2.24) is 5.32 Å². The van der Waals surface area contributed by atoms with E-state index in [1.54, 1.807) is 6.07 Å². The smallest absolute Gasteiger partial charge is 0.0640 e. The Kier molecular flexibility index (Phi) is 6.39. The van der Waals surface area contributed by atoms with Crippen LogP contribution >= 0.6 is 23.2 Å². The molecule has 102 valence electrons. The number of hydrogen-bond acceptors (Lipinski definition) is 3. The lowest BCUT2D eigenvalue weighted by atomic mass is 10.0. The van der Waals surface area contributed by atoms with E-state index in [1.807, 2.05) is 26.0 Å². The van der Waals surface area contributed by atoms with Gasteiger partial charge in [-0.3, -0.25) is 0 Å². The van der Waals surface area contributed by atoms with Crippen molar-refractivity contribution in [3.8, 4) is 0 Å². The second-order valence-corrected chi connectivity index (χ2v) is 5.33. The fraction of sp³-hybridized carbons (Fsp3) is 0.538. The van der Waals surface area contributed by atoms with Crippen molar-refractivity contribution in [1.29, 1.82) is 0 Å².